The number of carbonyl (C=O) groups excluding carboxylic acids is 2. The van der Waals surface area contributed by atoms with Crippen molar-refractivity contribution in [2.24, 2.45) is 0 Å². The van der Waals surface area contributed by atoms with Crippen molar-refractivity contribution in [3.8, 4) is 0 Å². The van der Waals surface area contributed by atoms with Crippen LogP contribution in [0.1, 0.15) is 50.3 Å². The number of likely N-dealkylation sites (N-methyl/N-ethyl adjacent to an activating group) is 1. The fourth-order valence-corrected chi connectivity index (χ4v) is 5.01. The van der Waals surface area contributed by atoms with Gasteiger partial charge in [0.15, 0.2) is 0 Å². The third-order valence-electron chi connectivity index (χ3n) is 6.83. The van der Waals surface area contributed by atoms with Crippen molar-refractivity contribution in [1.29, 1.82) is 0 Å². The first kappa shape index (κ1) is 19.4. The number of aromatic nitrogens is 2. The number of ether oxygens (including phenoxy) is 1. The molecule has 0 aromatic carbocycles. The predicted molar refractivity (Wildman–Crippen MR) is 104 cm³/mol. The molecule has 1 spiro atoms. The molecule has 3 aliphatic rings. The molecule has 2 fully saturated rings. The van der Waals surface area contributed by atoms with E-state index in [0.29, 0.717) is 19.0 Å². The summed E-state index contributed by atoms with van der Waals surface area (Å²) >= 11 is 0. The van der Waals surface area contributed by atoms with E-state index in [1.807, 2.05) is 11.1 Å². The van der Waals surface area contributed by atoms with Crippen molar-refractivity contribution in [2.45, 2.75) is 63.1 Å². The molecule has 154 valence electrons. The lowest BCUT2D eigenvalue weighted by atomic mass is 9.83. The van der Waals surface area contributed by atoms with Gasteiger partial charge in [0, 0.05) is 45.1 Å². The van der Waals surface area contributed by atoms with Crippen molar-refractivity contribution >= 4 is 11.8 Å². The van der Waals surface area contributed by atoms with E-state index >= 15 is 0 Å². The zero-order valence-electron chi connectivity index (χ0n) is 16.9. The summed E-state index contributed by atoms with van der Waals surface area (Å²) in [7, 11) is 2.07. The molecule has 0 radical (unpaired) electrons. The Morgan fingerprint density at radius 3 is 2.82 bits per heavy atom. The molecular formula is C20H31N5O3. The molecule has 28 heavy (non-hydrogen) atoms. The second kappa shape index (κ2) is 7.83. The Kier molecular flexibility index (Phi) is 5.42. The van der Waals surface area contributed by atoms with Gasteiger partial charge in [-0.3, -0.25) is 19.6 Å². The molecule has 8 heteroatoms. The first-order valence-corrected chi connectivity index (χ1v) is 10.4. The molecule has 8 nitrogen and oxygen atoms in total. The SMILES string of the molecule is CC(=O)NC[C@H]1CC[C@@H](CC(=O)N2CCC3(CC2)OCCc2cn[nH]c23)N1C. The molecule has 2 saturated heterocycles. The standard InChI is InChI=1S/C20H31N5O3/c1-14(26)21-13-17-4-3-16(24(17)2)11-18(27)25-8-6-20(7-9-25)19-15(5-10-28-20)12-22-23-19/h12,16-17H,3-11,13H2,1-2H3,(H,21,26)(H,22,23)/t16-,17+/m0/s1. The average Bonchev–Trinajstić information content (AvgIpc) is 3.29. The lowest BCUT2D eigenvalue weighted by Crippen LogP contribution is -2.49. The van der Waals surface area contributed by atoms with Gasteiger partial charge in [-0.15, -0.1) is 0 Å². The number of rotatable bonds is 4. The quantitative estimate of drug-likeness (QED) is 0.795. The van der Waals surface area contributed by atoms with E-state index in [1.165, 1.54) is 5.56 Å². The Morgan fingerprint density at radius 2 is 2.07 bits per heavy atom. The molecule has 2 N–H and O–H groups in total. The maximum absolute atomic E-state index is 12.9. The first-order chi connectivity index (χ1) is 13.5. The molecule has 0 aliphatic carbocycles. The van der Waals surface area contributed by atoms with Gasteiger partial charge >= 0.3 is 0 Å². The molecule has 4 rings (SSSR count). The summed E-state index contributed by atoms with van der Waals surface area (Å²) in [5.41, 5.74) is 2.07. The van der Waals surface area contributed by atoms with Gasteiger partial charge in [-0.1, -0.05) is 0 Å². The van der Waals surface area contributed by atoms with E-state index in [-0.39, 0.29) is 23.5 Å². The van der Waals surface area contributed by atoms with E-state index in [4.69, 9.17) is 4.74 Å². The van der Waals surface area contributed by atoms with Crippen LogP contribution in [0.5, 0.6) is 0 Å². The molecule has 0 bridgehead atoms. The van der Waals surface area contributed by atoms with Gasteiger partial charge in [-0.2, -0.15) is 5.10 Å². The minimum absolute atomic E-state index is 0.000490. The Hall–Kier alpha value is -1.93. The lowest BCUT2D eigenvalue weighted by molar-refractivity contribution is -0.142. The minimum atomic E-state index is -0.297. The maximum atomic E-state index is 12.9. The van der Waals surface area contributed by atoms with Crippen molar-refractivity contribution in [1.82, 2.24) is 25.3 Å². The van der Waals surface area contributed by atoms with Gasteiger partial charge in [0.2, 0.25) is 11.8 Å². The molecule has 1 aromatic heterocycles. The number of hydrogen-bond donors (Lipinski definition) is 2. The number of aromatic amines is 1. The number of amides is 2. The van der Waals surface area contributed by atoms with Crippen LogP contribution in [-0.4, -0.2) is 77.2 Å². The van der Waals surface area contributed by atoms with Crippen molar-refractivity contribution in [2.75, 3.05) is 33.3 Å². The normalized spacial score (nSPS) is 27.0. The van der Waals surface area contributed by atoms with Gasteiger partial charge in [-0.05, 0) is 44.7 Å². The van der Waals surface area contributed by atoms with Gasteiger partial charge < -0.3 is 15.0 Å². The van der Waals surface area contributed by atoms with E-state index < -0.39 is 0 Å². The molecule has 2 amide bonds. The summed E-state index contributed by atoms with van der Waals surface area (Å²) in [6.07, 6.45) is 7.03. The predicted octanol–water partition coefficient (Wildman–Crippen LogP) is 0.789. The summed E-state index contributed by atoms with van der Waals surface area (Å²) < 4.78 is 6.18. The Balaban J connectivity index is 1.30. The van der Waals surface area contributed by atoms with Crippen molar-refractivity contribution in [3.63, 3.8) is 0 Å². The topological polar surface area (TPSA) is 90.6 Å². The monoisotopic (exact) mass is 389 g/mol. The van der Waals surface area contributed by atoms with E-state index in [9.17, 15) is 9.59 Å². The van der Waals surface area contributed by atoms with Crippen LogP contribution in [0.25, 0.3) is 0 Å². The highest BCUT2D eigenvalue weighted by molar-refractivity contribution is 5.77. The minimum Gasteiger partial charge on any atom is -0.368 e. The Morgan fingerprint density at radius 1 is 1.32 bits per heavy atom. The van der Waals surface area contributed by atoms with Gasteiger partial charge in [-0.25, -0.2) is 0 Å². The summed E-state index contributed by atoms with van der Waals surface area (Å²) in [6.45, 7) is 4.38. The third-order valence-corrected chi connectivity index (χ3v) is 6.83. The second-order valence-electron chi connectivity index (χ2n) is 8.44. The van der Waals surface area contributed by atoms with Crippen LogP contribution in [0, 0.1) is 0 Å². The average molecular weight is 390 g/mol. The molecule has 4 heterocycles. The van der Waals surface area contributed by atoms with Crippen LogP contribution >= 0.6 is 0 Å². The summed E-state index contributed by atoms with van der Waals surface area (Å²) in [6, 6.07) is 0.577. The molecule has 0 unspecified atom stereocenters. The van der Waals surface area contributed by atoms with Gasteiger partial charge in [0.05, 0.1) is 18.5 Å². The number of nitrogens with one attached hydrogen (secondary N) is 2. The van der Waals surface area contributed by atoms with Crippen LogP contribution in [-0.2, 0) is 26.3 Å². The number of piperidine rings is 1. The molecule has 0 saturated carbocycles. The number of H-pyrrole nitrogens is 1. The zero-order valence-corrected chi connectivity index (χ0v) is 16.9. The number of fused-ring (bicyclic) bond motifs is 2. The third kappa shape index (κ3) is 3.67. The van der Waals surface area contributed by atoms with E-state index in [2.05, 4.69) is 27.5 Å². The highest BCUT2D eigenvalue weighted by Gasteiger charge is 2.43. The first-order valence-electron chi connectivity index (χ1n) is 10.4. The number of likely N-dealkylation sites (tertiary alicyclic amines) is 2. The largest absolute Gasteiger partial charge is 0.368 e. The van der Waals surface area contributed by atoms with Crippen molar-refractivity contribution in [3.05, 3.63) is 17.5 Å². The summed E-state index contributed by atoms with van der Waals surface area (Å²) in [5.74, 6) is 0.230. The highest BCUT2D eigenvalue weighted by Crippen LogP contribution is 2.40. The smallest absolute Gasteiger partial charge is 0.224 e. The summed E-state index contributed by atoms with van der Waals surface area (Å²) in [4.78, 5) is 28.3. The molecule has 3 aliphatic heterocycles. The Labute approximate surface area is 166 Å². The maximum Gasteiger partial charge on any atom is 0.224 e. The fourth-order valence-electron chi connectivity index (χ4n) is 5.01. The van der Waals surface area contributed by atoms with Crippen LogP contribution in [0.15, 0.2) is 6.20 Å². The van der Waals surface area contributed by atoms with Crippen LogP contribution < -0.4 is 5.32 Å². The van der Waals surface area contributed by atoms with Crippen LogP contribution in [0.4, 0.5) is 0 Å². The fraction of sp³-hybridized carbons (Fsp3) is 0.750. The van der Waals surface area contributed by atoms with E-state index in [1.54, 1.807) is 6.92 Å². The van der Waals surface area contributed by atoms with Gasteiger partial charge in [0.1, 0.15) is 5.60 Å². The number of nitrogens with zero attached hydrogens (tertiary/aromatic N) is 3. The molecular weight excluding hydrogens is 358 g/mol. The second-order valence-corrected chi connectivity index (χ2v) is 8.44. The van der Waals surface area contributed by atoms with Crippen molar-refractivity contribution < 1.29 is 14.3 Å². The Bertz CT molecular complexity index is 725. The van der Waals surface area contributed by atoms with Gasteiger partial charge in [0.25, 0.3) is 0 Å². The van der Waals surface area contributed by atoms with Crippen LogP contribution in [0.2, 0.25) is 0 Å². The van der Waals surface area contributed by atoms with E-state index in [0.717, 1.165) is 57.5 Å². The number of carbonyl (C=O) groups is 2. The number of hydrogen-bond acceptors (Lipinski definition) is 5. The summed E-state index contributed by atoms with van der Waals surface area (Å²) in [5, 5.41) is 10.2. The van der Waals surface area contributed by atoms with Crippen LogP contribution in [0.3, 0.4) is 0 Å². The molecule has 2 atom stereocenters. The zero-order chi connectivity index (χ0) is 19.7. The highest BCUT2D eigenvalue weighted by atomic mass is 16.5. The lowest BCUT2D eigenvalue weighted by Gasteiger charge is -2.43. The molecule has 1 aromatic rings.